The minimum Gasteiger partial charge on any atom is -0.312 e. The van der Waals surface area contributed by atoms with Crippen molar-refractivity contribution in [1.82, 2.24) is 5.32 Å². The van der Waals surface area contributed by atoms with Gasteiger partial charge in [-0.2, -0.15) is 0 Å². The Hall–Kier alpha value is -0.600. The fraction of sp³-hybridized carbons (Fsp3) is 0.400. The number of hydrogen-bond acceptors (Lipinski definition) is 2. The van der Waals surface area contributed by atoms with Crippen molar-refractivity contribution < 1.29 is 0 Å². The lowest BCUT2D eigenvalue weighted by Gasteiger charge is -2.12. The Morgan fingerprint density at radius 3 is 2.92 bits per heavy atom. The van der Waals surface area contributed by atoms with Crippen LogP contribution >= 0.6 is 11.3 Å². The third-order valence-corrected chi connectivity index (χ3v) is 3.16. The van der Waals surface area contributed by atoms with Gasteiger partial charge in [-0.15, -0.1) is 11.3 Å². The predicted octanol–water partition coefficient (Wildman–Crippen LogP) is 2.43. The third kappa shape index (κ3) is 1.59. The first kappa shape index (κ1) is 8.02. The lowest BCUT2D eigenvalue weighted by molar-refractivity contribution is 0.740. The molecule has 2 rings (SSSR count). The molecule has 1 aliphatic rings. The largest absolute Gasteiger partial charge is 0.312 e. The predicted molar refractivity (Wildman–Crippen MR) is 54.5 cm³/mol. The van der Waals surface area contributed by atoms with E-state index in [-0.39, 0.29) is 0 Å². The first-order valence-electron chi connectivity index (χ1n) is 4.33. The van der Waals surface area contributed by atoms with Crippen LogP contribution in [0.25, 0.3) is 5.57 Å². The molecule has 1 nitrogen and oxygen atoms in total. The van der Waals surface area contributed by atoms with E-state index in [1.807, 2.05) is 11.3 Å². The van der Waals surface area contributed by atoms with Crippen LogP contribution in [-0.4, -0.2) is 13.1 Å². The van der Waals surface area contributed by atoms with Gasteiger partial charge in [0.15, 0.2) is 0 Å². The minimum atomic E-state index is 1.04. The summed E-state index contributed by atoms with van der Waals surface area (Å²) in [4.78, 5) is 2.83. The standard InChI is InChI=1S/C10H13NS/c1-8-4-5-10(12-8)9-3-2-6-11-7-9/h3-5,11H,2,6-7H2,1H3. The molecule has 64 valence electrons. The minimum absolute atomic E-state index is 1.04. The summed E-state index contributed by atoms with van der Waals surface area (Å²) in [6.45, 7) is 4.33. The zero-order valence-corrected chi connectivity index (χ0v) is 8.08. The fourth-order valence-corrected chi connectivity index (χ4v) is 2.34. The Morgan fingerprint density at radius 1 is 1.42 bits per heavy atom. The van der Waals surface area contributed by atoms with Gasteiger partial charge in [0.2, 0.25) is 0 Å². The quantitative estimate of drug-likeness (QED) is 0.698. The molecule has 0 spiro atoms. The molecule has 1 aromatic heterocycles. The average Bonchev–Trinajstić information content (AvgIpc) is 2.54. The zero-order chi connectivity index (χ0) is 8.39. The normalized spacial score (nSPS) is 17.6. The van der Waals surface area contributed by atoms with Crippen LogP contribution in [0.3, 0.4) is 0 Å². The molecule has 0 atom stereocenters. The highest BCUT2D eigenvalue weighted by Crippen LogP contribution is 2.24. The van der Waals surface area contributed by atoms with E-state index in [4.69, 9.17) is 0 Å². The molecule has 0 fully saturated rings. The van der Waals surface area contributed by atoms with E-state index in [1.54, 1.807) is 0 Å². The van der Waals surface area contributed by atoms with Crippen molar-refractivity contribution in [3.63, 3.8) is 0 Å². The second-order valence-electron chi connectivity index (χ2n) is 3.11. The lowest BCUT2D eigenvalue weighted by Crippen LogP contribution is -2.20. The van der Waals surface area contributed by atoms with Crippen LogP contribution in [0.1, 0.15) is 16.2 Å². The van der Waals surface area contributed by atoms with Gasteiger partial charge in [0.1, 0.15) is 0 Å². The van der Waals surface area contributed by atoms with Gasteiger partial charge >= 0.3 is 0 Å². The van der Waals surface area contributed by atoms with Gasteiger partial charge in [0, 0.05) is 16.3 Å². The smallest absolute Gasteiger partial charge is 0.0314 e. The SMILES string of the molecule is Cc1ccc(C2=CCCNC2)s1. The number of thiophene rings is 1. The Labute approximate surface area is 77.1 Å². The van der Waals surface area contributed by atoms with Crippen molar-refractivity contribution in [2.75, 3.05) is 13.1 Å². The van der Waals surface area contributed by atoms with Crippen molar-refractivity contribution in [3.8, 4) is 0 Å². The van der Waals surface area contributed by atoms with Gasteiger partial charge in [-0.1, -0.05) is 6.08 Å². The van der Waals surface area contributed by atoms with Crippen molar-refractivity contribution in [2.24, 2.45) is 0 Å². The molecular weight excluding hydrogens is 166 g/mol. The van der Waals surface area contributed by atoms with Crippen molar-refractivity contribution in [2.45, 2.75) is 13.3 Å². The summed E-state index contributed by atoms with van der Waals surface area (Å²) in [5.41, 5.74) is 1.47. The van der Waals surface area contributed by atoms with E-state index in [0.29, 0.717) is 0 Å². The Bertz CT molecular complexity index is 299. The molecule has 0 amide bonds. The highest BCUT2D eigenvalue weighted by molar-refractivity contribution is 7.13. The van der Waals surface area contributed by atoms with Gasteiger partial charge in [-0.3, -0.25) is 0 Å². The van der Waals surface area contributed by atoms with Gasteiger partial charge in [0.05, 0.1) is 0 Å². The molecule has 1 aliphatic heterocycles. The Morgan fingerprint density at radius 2 is 2.33 bits per heavy atom. The van der Waals surface area contributed by atoms with Gasteiger partial charge < -0.3 is 5.32 Å². The number of aryl methyl sites for hydroxylation is 1. The van der Waals surface area contributed by atoms with E-state index in [9.17, 15) is 0 Å². The van der Waals surface area contributed by atoms with Crippen molar-refractivity contribution in [1.29, 1.82) is 0 Å². The first-order chi connectivity index (χ1) is 5.86. The molecule has 0 aliphatic carbocycles. The first-order valence-corrected chi connectivity index (χ1v) is 5.14. The van der Waals surface area contributed by atoms with E-state index >= 15 is 0 Å². The maximum absolute atomic E-state index is 3.38. The molecule has 1 N–H and O–H groups in total. The summed E-state index contributed by atoms with van der Waals surface area (Å²) in [5, 5.41) is 3.38. The summed E-state index contributed by atoms with van der Waals surface area (Å²) in [6.07, 6.45) is 3.52. The zero-order valence-electron chi connectivity index (χ0n) is 7.26. The number of hydrogen-bond donors (Lipinski definition) is 1. The maximum Gasteiger partial charge on any atom is 0.0314 e. The van der Waals surface area contributed by atoms with Gasteiger partial charge in [0.25, 0.3) is 0 Å². The molecule has 0 radical (unpaired) electrons. The van der Waals surface area contributed by atoms with E-state index in [0.717, 1.165) is 13.1 Å². The molecule has 0 bridgehead atoms. The van der Waals surface area contributed by atoms with Crippen LogP contribution in [0, 0.1) is 6.92 Å². The molecule has 0 saturated heterocycles. The summed E-state index contributed by atoms with van der Waals surface area (Å²) in [7, 11) is 0. The summed E-state index contributed by atoms with van der Waals surface area (Å²) >= 11 is 1.89. The number of rotatable bonds is 1. The van der Waals surface area contributed by atoms with E-state index in [2.05, 4.69) is 30.4 Å². The summed E-state index contributed by atoms with van der Waals surface area (Å²) < 4.78 is 0. The molecule has 2 heterocycles. The summed E-state index contributed by atoms with van der Waals surface area (Å²) in [6, 6.07) is 4.41. The van der Waals surface area contributed by atoms with E-state index in [1.165, 1.54) is 21.7 Å². The number of nitrogens with one attached hydrogen (secondary N) is 1. The van der Waals surface area contributed by atoms with Crippen LogP contribution in [0.5, 0.6) is 0 Å². The average molecular weight is 179 g/mol. The van der Waals surface area contributed by atoms with Crippen LogP contribution in [-0.2, 0) is 0 Å². The lowest BCUT2D eigenvalue weighted by atomic mass is 10.1. The second kappa shape index (κ2) is 3.42. The van der Waals surface area contributed by atoms with E-state index < -0.39 is 0 Å². The molecule has 1 aromatic rings. The molecule has 0 saturated carbocycles. The maximum atomic E-state index is 3.38. The third-order valence-electron chi connectivity index (χ3n) is 2.08. The van der Waals surface area contributed by atoms with Crippen LogP contribution in [0.4, 0.5) is 0 Å². The second-order valence-corrected chi connectivity index (χ2v) is 4.39. The molecular formula is C10H13NS. The molecule has 2 heteroatoms. The Balaban J connectivity index is 2.23. The van der Waals surface area contributed by atoms with Crippen molar-refractivity contribution >= 4 is 16.9 Å². The highest BCUT2D eigenvalue weighted by atomic mass is 32.1. The Kier molecular flexibility index (Phi) is 2.28. The van der Waals surface area contributed by atoms with Gasteiger partial charge in [-0.25, -0.2) is 0 Å². The monoisotopic (exact) mass is 179 g/mol. The topological polar surface area (TPSA) is 12.0 Å². The highest BCUT2D eigenvalue weighted by Gasteiger charge is 2.06. The van der Waals surface area contributed by atoms with Gasteiger partial charge in [-0.05, 0) is 37.6 Å². The molecule has 0 aromatic carbocycles. The van der Waals surface area contributed by atoms with Crippen LogP contribution in [0.15, 0.2) is 18.2 Å². The fourth-order valence-electron chi connectivity index (χ4n) is 1.44. The van der Waals surface area contributed by atoms with Crippen LogP contribution in [0.2, 0.25) is 0 Å². The molecule has 0 unspecified atom stereocenters. The molecule has 12 heavy (non-hydrogen) atoms. The van der Waals surface area contributed by atoms with Crippen molar-refractivity contribution in [3.05, 3.63) is 28.0 Å². The van der Waals surface area contributed by atoms with Crippen LogP contribution < -0.4 is 5.32 Å². The summed E-state index contributed by atoms with van der Waals surface area (Å²) in [5.74, 6) is 0.